The summed E-state index contributed by atoms with van der Waals surface area (Å²) in [6.07, 6.45) is 6.43. The molecule has 0 spiro atoms. The minimum Gasteiger partial charge on any atom is -0.309 e. The third-order valence-corrected chi connectivity index (χ3v) is 2.02. The van der Waals surface area contributed by atoms with Crippen LogP contribution in [0.5, 0.6) is 0 Å². The van der Waals surface area contributed by atoms with E-state index in [1.54, 1.807) is 12.4 Å². The molecule has 1 heterocycles. The van der Waals surface area contributed by atoms with E-state index < -0.39 is 0 Å². The van der Waals surface area contributed by atoms with Gasteiger partial charge in [-0.25, -0.2) is 9.97 Å². The van der Waals surface area contributed by atoms with E-state index in [-0.39, 0.29) is 0 Å². The highest BCUT2D eigenvalue weighted by atomic mass is 14.8. The Kier molecular flexibility index (Phi) is 3.51. The summed E-state index contributed by atoms with van der Waals surface area (Å²) in [5, 5.41) is 6.95. The predicted octanol–water partition coefficient (Wildman–Crippen LogP) is 2.57. The summed E-state index contributed by atoms with van der Waals surface area (Å²) in [6, 6.07) is 0. The van der Waals surface area contributed by atoms with Gasteiger partial charge in [0.05, 0.1) is 5.69 Å². The predicted molar refractivity (Wildman–Crippen MR) is 58.7 cm³/mol. The maximum absolute atomic E-state index is 6.95. The fourth-order valence-corrected chi connectivity index (χ4v) is 1.31. The van der Waals surface area contributed by atoms with Crippen molar-refractivity contribution >= 4 is 12.3 Å². The number of aryl methyl sites for hydroxylation is 1. The topological polar surface area (TPSA) is 49.6 Å². The standard InChI is InChI=1S/C11H15N3/c1-8(2)11-10(5-4-6-12)9(3)13-7-14-11/h4-8,12H,1-3H3/b5-4-,12-6?. The zero-order chi connectivity index (χ0) is 10.6. The fourth-order valence-electron chi connectivity index (χ4n) is 1.31. The van der Waals surface area contributed by atoms with E-state index in [2.05, 4.69) is 23.8 Å². The molecule has 0 aliphatic carbocycles. The Balaban J connectivity index is 3.21. The summed E-state index contributed by atoms with van der Waals surface area (Å²) in [6.45, 7) is 6.16. The molecule has 0 aromatic carbocycles. The molecule has 0 fully saturated rings. The maximum atomic E-state index is 6.95. The van der Waals surface area contributed by atoms with E-state index in [0.717, 1.165) is 17.0 Å². The van der Waals surface area contributed by atoms with E-state index in [1.807, 2.05) is 13.0 Å². The molecule has 0 radical (unpaired) electrons. The van der Waals surface area contributed by atoms with Gasteiger partial charge in [0.2, 0.25) is 0 Å². The third-order valence-electron chi connectivity index (χ3n) is 2.02. The Labute approximate surface area is 84.4 Å². The van der Waals surface area contributed by atoms with E-state index in [0.29, 0.717) is 5.92 Å². The monoisotopic (exact) mass is 189 g/mol. The van der Waals surface area contributed by atoms with Gasteiger partial charge >= 0.3 is 0 Å². The van der Waals surface area contributed by atoms with Crippen molar-refractivity contribution < 1.29 is 0 Å². The molecule has 0 unspecified atom stereocenters. The quantitative estimate of drug-likeness (QED) is 0.743. The first-order chi connectivity index (χ1) is 6.66. The molecule has 1 rings (SSSR count). The van der Waals surface area contributed by atoms with Crippen LogP contribution in [0.4, 0.5) is 0 Å². The lowest BCUT2D eigenvalue weighted by Crippen LogP contribution is -2.00. The molecule has 0 aliphatic heterocycles. The van der Waals surface area contributed by atoms with Crippen molar-refractivity contribution in [1.29, 1.82) is 5.41 Å². The van der Waals surface area contributed by atoms with Crippen LogP contribution in [-0.2, 0) is 0 Å². The minimum absolute atomic E-state index is 0.377. The van der Waals surface area contributed by atoms with Gasteiger partial charge in [-0.1, -0.05) is 13.8 Å². The van der Waals surface area contributed by atoms with Gasteiger partial charge in [-0.3, -0.25) is 0 Å². The van der Waals surface area contributed by atoms with E-state index in [4.69, 9.17) is 5.41 Å². The summed E-state index contributed by atoms with van der Waals surface area (Å²) in [4.78, 5) is 8.39. The van der Waals surface area contributed by atoms with E-state index in [9.17, 15) is 0 Å². The van der Waals surface area contributed by atoms with E-state index in [1.165, 1.54) is 6.21 Å². The van der Waals surface area contributed by atoms with Gasteiger partial charge in [0.1, 0.15) is 6.33 Å². The first kappa shape index (κ1) is 10.6. The van der Waals surface area contributed by atoms with Crippen molar-refractivity contribution in [3.8, 4) is 0 Å². The second kappa shape index (κ2) is 4.65. The van der Waals surface area contributed by atoms with Crippen LogP contribution in [0, 0.1) is 12.3 Å². The molecule has 0 aliphatic rings. The minimum atomic E-state index is 0.377. The van der Waals surface area contributed by atoms with Crippen LogP contribution in [0.1, 0.15) is 36.7 Å². The smallest absolute Gasteiger partial charge is 0.115 e. The highest BCUT2D eigenvalue weighted by molar-refractivity contribution is 5.76. The van der Waals surface area contributed by atoms with Gasteiger partial charge in [0, 0.05) is 17.5 Å². The molecule has 3 nitrogen and oxygen atoms in total. The third kappa shape index (κ3) is 2.25. The van der Waals surface area contributed by atoms with Gasteiger partial charge in [-0.15, -0.1) is 0 Å². The molecule has 1 aromatic heterocycles. The molecule has 0 bridgehead atoms. The molecule has 1 aromatic rings. The number of nitrogens with one attached hydrogen (secondary N) is 1. The Morgan fingerprint density at radius 1 is 1.36 bits per heavy atom. The summed E-state index contributed by atoms with van der Waals surface area (Å²) in [5.41, 5.74) is 3.03. The Morgan fingerprint density at radius 2 is 2.07 bits per heavy atom. The molecular weight excluding hydrogens is 174 g/mol. The number of rotatable bonds is 3. The van der Waals surface area contributed by atoms with E-state index >= 15 is 0 Å². The van der Waals surface area contributed by atoms with Crippen LogP contribution in [0.3, 0.4) is 0 Å². The molecule has 0 amide bonds. The Hall–Kier alpha value is -1.51. The van der Waals surface area contributed by atoms with Crippen LogP contribution < -0.4 is 0 Å². The van der Waals surface area contributed by atoms with Crippen LogP contribution in [0.25, 0.3) is 6.08 Å². The lowest BCUT2D eigenvalue weighted by molar-refractivity contribution is 0.805. The number of hydrogen-bond acceptors (Lipinski definition) is 3. The van der Waals surface area contributed by atoms with Crippen molar-refractivity contribution in [3.05, 3.63) is 29.4 Å². The molecule has 0 saturated carbocycles. The first-order valence-corrected chi connectivity index (χ1v) is 4.65. The van der Waals surface area contributed by atoms with Gasteiger partial charge in [0.15, 0.2) is 0 Å². The molecular formula is C11H15N3. The number of hydrogen-bond donors (Lipinski definition) is 1. The van der Waals surface area contributed by atoms with Crippen molar-refractivity contribution in [2.75, 3.05) is 0 Å². The summed E-state index contributed by atoms with van der Waals surface area (Å²) < 4.78 is 0. The second-order valence-corrected chi connectivity index (χ2v) is 3.44. The number of allylic oxidation sites excluding steroid dienone is 1. The van der Waals surface area contributed by atoms with Crippen molar-refractivity contribution in [2.24, 2.45) is 0 Å². The number of nitrogens with zero attached hydrogens (tertiary/aromatic N) is 2. The van der Waals surface area contributed by atoms with Crippen molar-refractivity contribution in [3.63, 3.8) is 0 Å². The first-order valence-electron chi connectivity index (χ1n) is 4.65. The normalized spacial score (nSPS) is 11.1. The SMILES string of the molecule is Cc1ncnc(C(C)C)c1/C=C\C=N. The van der Waals surface area contributed by atoms with Gasteiger partial charge < -0.3 is 5.41 Å². The van der Waals surface area contributed by atoms with Gasteiger partial charge in [-0.05, 0) is 25.0 Å². The largest absolute Gasteiger partial charge is 0.309 e. The molecule has 0 atom stereocenters. The summed E-state index contributed by atoms with van der Waals surface area (Å²) in [5.74, 6) is 0.377. The van der Waals surface area contributed by atoms with Crippen molar-refractivity contribution in [2.45, 2.75) is 26.7 Å². The molecule has 74 valence electrons. The summed E-state index contributed by atoms with van der Waals surface area (Å²) >= 11 is 0. The fraction of sp³-hybridized carbons (Fsp3) is 0.364. The average molecular weight is 189 g/mol. The second-order valence-electron chi connectivity index (χ2n) is 3.44. The highest BCUT2D eigenvalue weighted by Gasteiger charge is 2.08. The lowest BCUT2D eigenvalue weighted by Gasteiger charge is -2.09. The molecule has 14 heavy (non-hydrogen) atoms. The van der Waals surface area contributed by atoms with Crippen LogP contribution >= 0.6 is 0 Å². The zero-order valence-corrected chi connectivity index (χ0v) is 8.78. The van der Waals surface area contributed by atoms with Gasteiger partial charge in [-0.2, -0.15) is 0 Å². The molecule has 0 saturated heterocycles. The zero-order valence-electron chi connectivity index (χ0n) is 8.78. The van der Waals surface area contributed by atoms with Gasteiger partial charge in [0.25, 0.3) is 0 Å². The average Bonchev–Trinajstić information content (AvgIpc) is 2.15. The van der Waals surface area contributed by atoms with Crippen molar-refractivity contribution in [1.82, 2.24) is 9.97 Å². The highest BCUT2D eigenvalue weighted by Crippen LogP contribution is 2.19. The van der Waals surface area contributed by atoms with Crippen LogP contribution in [0.15, 0.2) is 12.4 Å². The lowest BCUT2D eigenvalue weighted by atomic mass is 10.0. The van der Waals surface area contributed by atoms with Crippen LogP contribution in [0.2, 0.25) is 0 Å². The Bertz CT molecular complexity index is 354. The molecule has 3 heteroatoms. The number of aromatic nitrogens is 2. The summed E-state index contributed by atoms with van der Waals surface area (Å²) in [7, 11) is 0. The van der Waals surface area contributed by atoms with Crippen LogP contribution in [-0.4, -0.2) is 16.2 Å². The maximum Gasteiger partial charge on any atom is 0.115 e. The molecule has 1 N–H and O–H groups in total. The Morgan fingerprint density at radius 3 is 2.64 bits per heavy atom.